The van der Waals surface area contributed by atoms with Gasteiger partial charge < -0.3 is 5.11 Å². The van der Waals surface area contributed by atoms with Crippen LogP contribution < -0.4 is 0 Å². The minimum Gasteiger partial charge on any atom is -0.395 e. The van der Waals surface area contributed by atoms with Crippen LogP contribution in [0.15, 0.2) is 12.7 Å². The number of rotatable bonds is 4. The summed E-state index contributed by atoms with van der Waals surface area (Å²) in [6, 6.07) is 0. The first-order valence-electron chi connectivity index (χ1n) is 4.32. The zero-order chi connectivity index (χ0) is 10.3. The quantitative estimate of drug-likeness (QED) is 0.692. The summed E-state index contributed by atoms with van der Waals surface area (Å²) in [7, 11) is -3.30. The van der Waals surface area contributed by atoms with Crippen LogP contribution in [-0.2, 0) is 9.84 Å². The van der Waals surface area contributed by atoms with Gasteiger partial charge in [0, 0.05) is 0 Å². The van der Waals surface area contributed by atoms with Crippen molar-refractivity contribution in [2.45, 2.75) is 36.2 Å². The van der Waals surface area contributed by atoms with Gasteiger partial charge in [0.1, 0.15) is 0 Å². The molecule has 0 spiro atoms. The molecule has 0 aromatic carbocycles. The van der Waals surface area contributed by atoms with Gasteiger partial charge in [-0.2, -0.15) is 0 Å². The molecule has 0 aromatic rings. The van der Waals surface area contributed by atoms with Crippen molar-refractivity contribution in [1.29, 1.82) is 0 Å². The summed E-state index contributed by atoms with van der Waals surface area (Å²) in [5.74, 6) is 0. The van der Waals surface area contributed by atoms with Crippen molar-refractivity contribution >= 4 is 9.84 Å². The van der Waals surface area contributed by atoms with E-state index < -0.39 is 19.3 Å². The van der Waals surface area contributed by atoms with Gasteiger partial charge >= 0.3 is 0 Å². The predicted molar refractivity (Wildman–Crippen MR) is 52.2 cm³/mol. The van der Waals surface area contributed by atoms with E-state index in [1.54, 1.807) is 13.8 Å². The van der Waals surface area contributed by atoms with E-state index in [0.29, 0.717) is 12.8 Å². The van der Waals surface area contributed by atoms with Gasteiger partial charge in [0.25, 0.3) is 0 Å². The molecule has 76 valence electrons. The molecule has 1 fully saturated rings. The average molecular weight is 204 g/mol. The molecular weight excluding hydrogens is 188 g/mol. The zero-order valence-corrected chi connectivity index (χ0v) is 8.89. The minimum absolute atomic E-state index is 0.271. The first-order valence-corrected chi connectivity index (χ1v) is 5.80. The van der Waals surface area contributed by atoms with Crippen molar-refractivity contribution < 1.29 is 13.5 Å². The second-order valence-electron chi connectivity index (χ2n) is 4.15. The Morgan fingerprint density at radius 1 is 1.54 bits per heavy atom. The van der Waals surface area contributed by atoms with Crippen molar-refractivity contribution in [3.8, 4) is 0 Å². The van der Waals surface area contributed by atoms with Gasteiger partial charge in [-0.05, 0) is 26.7 Å². The first-order chi connectivity index (χ1) is 5.83. The lowest BCUT2D eigenvalue weighted by molar-refractivity contribution is 0.282. The van der Waals surface area contributed by atoms with E-state index in [0.717, 1.165) is 0 Å². The third-order valence-corrected chi connectivity index (χ3v) is 6.08. The SMILES string of the molecule is C=CC(C)(C)S(=O)(=O)C1(CO)CC1. The smallest absolute Gasteiger partial charge is 0.166 e. The molecule has 0 aromatic heterocycles. The van der Waals surface area contributed by atoms with Crippen LogP contribution in [0.4, 0.5) is 0 Å². The van der Waals surface area contributed by atoms with Gasteiger partial charge in [-0.25, -0.2) is 8.42 Å². The van der Waals surface area contributed by atoms with Gasteiger partial charge in [-0.15, -0.1) is 6.58 Å². The predicted octanol–water partition coefficient (Wildman–Crippen LogP) is 0.891. The van der Waals surface area contributed by atoms with Crippen molar-refractivity contribution in [3.63, 3.8) is 0 Å². The Balaban J connectivity index is 3.10. The Kier molecular flexibility index (Phi) is 2.33. The maximum absolute atomic E-state index is 12.0. The molecule has 1 rings (SSSR count). The molecule has 3 nitrogen and oxygen atoms in total. The number of hydrogen-bond acceptors (Lipinski definition) is 3. The lowest BCUT2D eigenvalue weighted by Crippen LogP contribution is -2.41. The van der Waals surface area contributed by atoms with E-state index in [4.69, 9.17) is 5.11 Å². The van der Waals surface area contributed by atoms with Crippen molar-refractivity contribution in [1.82, 2.24) is 0 Å². The molecule has 13 heavy (non-hydrogen) atoms. The van der Waals surface area contributed by atoms with Crippen LogP contribution in [0.5, 0.6) is 0 Å². The van der Waals surface area contributed by atoms with Crippen LogP contribution in [0.25, 0.3) is 0 Å². The Morgan fingerprint density at radius 3 is 2.23 bits per heavy atom. The van der Waals surface area contributed by atoms with E-state index >= 15 is 0 Å². The summed E-state index contributed by atoms with van der Waals surface area (Å²) in [6.45, 7) is 6.47. The van der Waals surface area contributed by atoms with Crippen molar-refractivity contribution in [3.05, 3.63) is 12.7 Å². The van der Waals surface area contributed by atoms with Gasteiger partial charge in [0.05, 0.1) is 16.1 Å². The topological polar surface area (TPSA) is 54.4 Å². The lowest BCUT2D eigenvalue weighted by atomic mass is 10.2. The van der Waals surface area contributed by atoms with E-state index in [1.165, 1.54) is 6.08 Å². The summed E-state index contributed by atoms with van der Waals surface area (Å²) >= 11 is 0. The number of aliphatic hydroxyl groups is 1. The molecule has 1 aliphatic rings. The molecule has 0 aliphatic heterocycles. The molecule has 1 N–H and O–H groups in total. The van der Waals surface area contributed by atoms with Gasteiger partial charge in [-0.1, -0.05) is 6.08 Å². The Bertz CT molecular complexity index is 310. The van der Waals surface area contributed by atoms with Crippen LogP contribution in [0, 0.1) is 0 Å². The first kappa shape index (κ1) is 10.7. The molecule has 0 atom stereocenters. The third kappa shape index (κ3) is 1.32. The average Bonchev–Trinajstić information content (AvgIpc) is 2.84. The molecule has 0 bridgehead atoms. The summed E-state index contributed by atoms with van der Waals surface area (Å²) < 4.78 is 22.1. The zero-order valence-electron chi connectivity index (χ0n) is 8.08. The fourth-order valence-electron chi connectivity index (χ4n) is 1.32. The molecule has 4 heteroatoms. The van der Waals surface area contributed by atoms with E-state index in [-0.39, 0.29) is 6.61 Å². The second kappa shape index (κ2) is 2.82. The van der Waals surface area contributed by atoms with Crippen LogP contribution in [-0.4, -0.2) is 29.6 Å². The third-order valence-electron chi connectivity index (χ3n) is 2.85. The molecule has 0 radical (unpaired) electrons. The Labute approximate surface area is 79.4 Å². The molecule has 1 aliphatic carbocycles. The maximum Gasteiger partial charge on any atom is 0.166 e. The van der Waals surface area contributed by atoms with Gasteiger partial charge in [-0.3, -0.25) is 0 Å². The van der Waals surface area contributed by atoms with Crippen LogP contribution >= 0.6 is 0 Å². The van der Waals surface area contributed by atoms with E-state index in [1.807, 2.05) is 0 Å². The highest BCUT2D eigenvalue weighted by atomic mass is 32.2. The fourth-order valence-corrected chi connectivity index (χ4v) is 3.46. The van der Waals surface area contributed by atoms with Gasteiger partial charge in [0.2, 0.25) is 0 Å². The number of hydrogen-bond donors (Lipinski definition) is 1. The largest absolute Gasteiger partial charge is 0.395 e. The van der Waals surface area contributed by atoms with Gasteiger partial charge in [0.15, 0.2) is 9.84 Å². The fraction of sp³-hybridized carbons (Fsp3) is 0.778. The summed E-state index contributed by atoms with van der Waals surface area (Å²) in [4.78, 5) is 0. The highest BCUT2D eigenvalue weighted by molar-refractivity contribution is 7.94. The minimum atomic E-state index is -3.30. The van der Waals surface area contributed by atoms with Crippen LogP contribution in [0.2, 0.25) is 0 Å². The van der Waals surface area contributed by atoms with Crippen LogP contribution in [0.1, 0.15) is 26.7 Å². The number of aliphatic hydroxyl groups excluding tert-OH is 1. The van der Waals surface area contributed by atoms with Crippen molar-refractivity contribution in [2.24, 2.45) is 0 Å². The normalized spacial score (nSPS) is 21.2. The monoisotopic (exact) mass is 204 g/mol. The van der Waals surface area contributed by atoms with E-state index in [9.17, 15) is 8.42 Å². The lowest BCUT2D eigenvalue weighted by Gasteiger charge is -2.26. The number of sulfone groups is 1. The van der Waals surface area contributed by atoms with Crippen LogP contribution in [0.3, 0.4) is 0 Å². The molecular formula is C9H16O3S. The summed E-state index contributed by atoms with van der Waals surface area (Å²) in [5.41, 5.74) is 0. The molecule has 0 heterocycles. The second-order valence-corrected chi connectivity index (χ2v) is 7.08. The standard InChI is InChI=1S/C9H16O3S/c1-4-8(2,3)13(11,12)9(7-10)5-6-9/h4,10H,1,5-7H2,2-3H3. The Morgan fingerprint density at radius 2 is 2.00 bits per heavy atom. The molecule has 0 saturated heterocycles. The van der Waals surface area contributed by atoms with Crippen molar-refractivity contribution in [2.75, 3.05) is 6.61 Å². The highest BCUT2D eigenvalue weighted by Crippen LogP contribution is 2.47. The molecule has 1 saturated carbocycles. The Hall–Kier alpha value is -0.350. The summed E-state index contributed by atoms with van der Waals surface area (Å²) in [6.07, 6.45) is 2.57. The summed E-state index contributed by atoms with van der Waals surface area (Å²) in [5, 5.41) is 9.04. The highest BCUT2D eigenvalue weighted by Gasteiger charge is 2.58. The molecule has 0 unspecified atom stereocenters. The molecule has 0 amide bonds. The maximum atomic E-state index is 12.0. The van der Waals surface area contributed by atoms with E-state index in [2.05, 4.69) is 6.58 Å².